The molecule has 0 saturated heterocycles. The van der Waals surface area contributed by atoms with Crippen molar-refractivity contribution in [2.75, 3.05) is 5.01 Å². The van der Waals surface area contributed by atoms with E-state index in [0.29, 0.717) is 12.2 Å². The van der Waals surface area contributed by atoms with Crippen molar-refractivity contribution in [2.24, 2.45) is 5.84 Å². The van der Waals surface area contributed by atoms with Crippen molar-refractivity contribution in [1.82, 2.24) is 10.2 Å². The second-order valence-corrected chi connectivity index (χ2v) is 1.59. The maximum Gasteiger partial charge on any atom is 0.229 e. The fraction of sp³-hybridized carbons (Fsp3) is 0. The number of aromatic nitrogens is 2. The van der Waals surface area contributed by atoms with Crippen molar-refractivity contribution < 1.29 is 4.79 Å². The van der Waals surface area contributed by atoms with Gasteiger partial charge in [-0.1, -0.05) is 0 Å². The van der Waals surface area contributed by atoms with Gasteiger partial charge in [-0.25, -0.2) is 10.9 Å². The molecule has 5 heteroatoms. The van der Waals surface area contributed by atoms with Gasteiger partial charge in [-0.15, -0.1) is 5.10 Å². The van der Waals surface area contributed by atoms with Crippen LogP contribution < -0.4 is 10.9 Å². The number of amides is 1. The van der Waals surface area contributed by atoms with Crippen molar-refractivity contribution in [3.8, 4) is 0 Å². The lowest BCUT2D eigenvalue weighted by Gasteiger charge is -2.05. The van der Waals surface area contributed by atoms with Crippen LogP contribution in [-0.4, -0.2) is 16.6 Å². The summed E-state index contributed by atoms with van der Waals surface area (Å²) in [6, 6.07) is 3.23. The lowest BCUT2D eigenvalue weighted by molar-refractivity contribution is -0.107. The first-order chi connectivity index (χ1) is 4.84. The number of carbonyl (C=O) groups is 1. The number of hydrazine groups is 1. The highest BCUT2D eigenvalue weighted by atomic mass is 16.1. The van der Waals surface area contributed by atoms with Crippen molar-refractivity contribution in [2.45, 2.75) is 0 Å². The SMILES string of the molecule is NN(C=O)c1cccnn1. The van der Waals surface area contributed by atoms with E-state index in [0.717, 1.165) is 5.01 Å². The number of hydrogen-bond acceptors (Lipinski definition) is 4. The van der Waals surface area contributed by atoms with Gasteiger partial charge in [0, 0.05) is 6.20 Å². The molecule has 0 atom stereocenters. The molecule has 0 aliphatic heterocycles. The highest BCUT2D eigenvalue weighted by Crippen LogP contribution is 1.98. The molecule has 1 rings (SSSR count). The van der Waals surface area contributed by atoms with Crippen LogP contribution in [0, 0.1) is 0 Å². The highest BCUT2D eigenvalue weighted by Gasteiger charge is 1.97. The predicted molar refractivity (Wildman–Crippen MR) is 34.8 cm³/mol. The van der Waals surface area contributed by atoms with Crippen molar-refractivity contribution in [1.29, 1.82) is 0 Å². The van der Waals surface area contributed by atoms with Gasteiger partial charge in [-0.3, -0.25) is 4.79 Å². The van der Waals surface area contributed by atoms with Crippen LogP contribution in [0.25, 0.3) is 0 Å². The van der Waals surface area contributed by atoms with Crippen LogP contribution in [0.3, 0.4) is 0 Å². The lowest BCUT2D eigenvalue weighted by atomic mass is 10.5. The lowest BCUT2D eigenvalue weighted by Crippen LogP contribution is -2.29. The first-order valence-corrected chi connectivity index (χ1v) is 2.61. The molecule has 1 heterocycles. The van der Waals surface area contributed by atoms with E-state index in [2.05, 4.69) is 10.2 Å². The quantitative estimate of drug-likeness (QED) is 0.254. The zero-order valence-electron chi connectivity index (χ0n) is 5.14. The molecule has 0 bridgehead atoms. The van der Waals surface area contributed by atoms with Gasteiger partial charge < -0.3 is 0 Å². The molecule has 2 N–H and O–H groups in total. The van der Waals surface area contributed by atoms with Crippen molar-refractivity contribution in [3.05, 3.63) is 18.3 Å². The van der Waals surface area contributed by atoms with E-state index < -0.39 is 0 Å². The molecule has 5 nitrogen and oxygen atoms in total. The van der Waals surface area contributed by atoms with Gasteiger partial charge in [0.2, 0.25) is 6.41 Å². The van der Waals surface area contributed by atoms with Gasteiger partial charge in [0.05, 0.1) is 0 Å². The van der Waals surface area contributed by atoms with E-state index in [1.165, 1.54) is 6.20 Å². The Morgan fingerprint density at radius 3 is 3.00 bits per heavy atom. The zero-order chi connectivity index (χ0) is 7.40. The van der Waals surface area contributed by atoms with E-state index in [1.54, 1.807) is 12.1 Å². The largest absolute Gasteiger partial charge is 0.277 e. The van der Waals surface area contributed by atoms with Gasteiger partial charge in [0.15, 0.2) is 5.82 Å². The molecule has 52 valence electrons. The second kappa shape index (κ2) is 2.88. The third kappa shape index (κ3) is 1.26. The summed E-state index contributed by atoms with van der Waals surface area (Å²) in [5.41, 5.74) is 0. The van der Waals surface area contributed by atoms with E-state index >= 15 is 0 Å². The summed E-state index contributed by atoms with van der Waals surface area (Å²) < 4.78 is 0. The Morgan fingerprint density at radius 1 is 1.70 bits per heavy atom. The Hall–Kier alpha value is -1.49. The van der Waals surface area contributed by atoms with E-state index in [-0.39, 0.29) is 0 Å². The predicted octanol–water partition coefficient (Wildman–Crippen LogP) is -0.687. The number of carbonyl (C=O) groups excluding carboxylic acids is 1. The minimum atomic E-state index is 0.331. The summed E-state index contributed by atoms with van der Waals surface area (Å²) in [5, 5.41) is 7.95. The molecule has 0 aliphatic carbocycles. The average molecular weight is 138 g/mol. The van der Waals surface area contributed by atoms with E-state index in [9.17, 15) is 4.79 Å². The third-order valence-corrected chi connectivity index (χ3v) is 0.936. The monoisotopic (exact) mass is 138 g/mol. The summed E-state index contributed by atoms with van der Waals surface area (Å²) in [4.78, 5) is 10.0. The Morgan fingerprint density at radius 2 is 2.50 bits per heavy atom. The molecule has 1 aromatic rings. The van der Waals surface area contributed by atoms with Crippen LogP contribution in [0.2, 0.25) is 0 Å². The Balaban J connectivity index is 2.84. The molecule has 1 amide bonds. The fourth-order valence-corrected chi connectivity index (χ4v) is 0.485. The molecule has 1 aromatic heterocycles. The summed E-state index contributed by atoms with van der Waals surface area (Å²) in [6.07, 6.45) is 1.96. The minimum Gasteiger partial charge on any atom is -0.277 e. The van der Waals surface area contributed by atoms with Crippen LogP contribution in [0.1, 0.15) is 0 Å². The number of nitrogens with two attached hydrogens (primary N) is 1. The maximum atomic E-state index is 10.0. The molecule has 0 saturated carbocycles. The highest BCUT2D eigenvalue weighted by molar-refractivity contribution is 5.70. The molecule has 10 heavy (non-hydrogen) atoms. The molecular formula is C5H6N4O. The van der Waals surface area contributed by atoms with Gasteiger partial charge in [-0.2, -0.15) is 5.10 Å². The first kappa shape index (κ1) is 6.63. The Kier molecular flexibility index (Phi) is 1.91. The summed E-state index contributed by atoms with van der Waals surface area (Å²) >= 11 is 0. The molecule has 0 unspecified atom stereocenters. The normalized spacial score (nSPS) is 8.90. The smallest absolute Gasteiger partial charge is 0.229 e. The second-order valence-electron chi connectivity index (χ2n) is 1.59. The standard InChI is InChI=1S/C5H6N4O/c6-9(4-10)5-2-1-3-7-8-5/h1-4H,6H2. The third-order valence-electron chi connectivity index (χ3n) is 0.936. The Labute approximate surface area is 57.4 Å². The van der Waals surface area contributed by atoms with Crippen LogP contribution in [0.4, 0.5) is 5.82 Å². The fourth-order valence-electron chi connectivity index (χ4n) is 0.485. The summed E-state index contributed by atoms with van der Waals surface area (Å²) in [7, 11) is 0. The zero-order valence-corrected chi connectivity index (χ0v) is 5.14. The number of nitrogens with zero attached hydrogens (tertiary/aromatic N) is 3. The molecule has 0 fully saturated rings. The average Bonchev–Trinajstić information content (AvgIpc) is 2.05. The van der Waals surface area contributed by atoms with Crippen LogP contribution in [0.15, 0.2) is 18.3 Å². The maximum absolute atomic E-state index is 10.0. The van der Waals surface area contributed by atoms with Crippen LogP contribution in [-0.2, 0) is 4.79 Å². The van der Waals surface area contributed by atoms with Gasteiger partial charge in [0.25, 0.3) is 0 Å². The molecular weight excluding hydrogens is 132 g/mol. The van der Waals surface area contributed by atoms with Gasteiger partial charge in [0.1, 0.15) is 0 Å². The minimum absolute atomic E-state index is 0.331. The van der Waals surface area contributed by atoms with Crippen LogP contribution in [0.5, 0.6) is 0 Å². The topological polar surface area (TPSA) is 72.1 Å². The summed E-state index contributed by atoms with van der Waals surface area (Å²) in [6.45, 7) is 0. The molecule has 0 aliphatic rings. The Bertz CT molecular complexity index is 212. The van der Waals surface area contributed by atoms with E-state index in [4.69, 9.17) is 5.84 Å². The van der Waals surface area contributed by atoms with Gasteiger partial charge >= 0.3 is 0 Å². The molecule has 0 spiro atoms. The number of anilines is 1. The molecule has 0 radical (unpaired) electrons. The van der Waals surface area contributed by atoms with E-state index in [1.807, 2.05) is 0 Å². The first-order valence-electron chi connectivity index (χ1n) is 2.61. The number of hydrogen-bond donors (Lipinski definition) is 1. The van der Waals surface area contributed by atoms with Crippen molar-refractivity contribution >= 4 is 12.2 Å². The molecule has 0 aromatic carbocycles. The van der Waals surface area contributed by atoms with Gasteiger partial charge in [-0.05, 0) is 12.1 Å². The van der Waals surface area contributed by atoms with Crippen molar-refractivity contribution in [3.63, 3.8) is 0 Å². The summed E-state index contributed by atoms with van der Waals surface area (Å²) in [5.74, 6) is 5.49. The number of rotatable bonds is 2. The van der Waals surface area contributed by atoms with Crippen LogP contribution >= 0.6 is 0 Å².